The number of esters is 1. The molecule has 0 aliphatic carbocycles. The summed E-state index contributed by atoms with van der Waals surface area (Å²) in [5, 5.41) is 6.72. The maximum atomic E-state index is 13.6. The second-order valence-electron chi connectivity index (χ2n) is 18.6. The Morgan fingerprint density at radius 2 is 1.23 bits per heavy atom. The number of carbonyl (C=O) groups excluding carboxylic acids is 4. The molecule has 0 unspecified atom stereocenters. The molecule has 9 nitrogen and oxygen atoms in total. The van der Waals surface area contributed by atoms with E-state index in [1.165, 1.54) is 114 Å². The van der Waals surface area contributed by atoms with Crippen molar-refractivity contribution in [1.82, 2.24) is 15.1 Å². The van der Waals surface area contributed by atoms with Crippen LogP contribution in [0.25, 0.3) is 0 Å². The van der Waals surface area contributed by atoms with Crippen molar-refractivity contribution < 1.29 is 23.9 Å². The highest BCUT2D eigenvalue weighted by atomic mass is 32.1. The molecule has 1 aromatic rings. The smallest absolute Gasteiger partial charge is 0.308 e. The lowest BCUT2D eigenvalue weighted by atomic mass is 9.94. The quantitative estimate of drug-likeness (QED) is 0.0386. The highest BCUT2D eigenvalue weighted by Crippen LogP contribution is 2.37. The topological polar surface area (TPSA) is 108 Å². The van der Waals surface area contributed by atoms with E-state index in [0.29, 0.717) is 69.0 Å². The molecule has 1 aliphatic rings. The predicted octanol–water partition coefficient (Wildman–Crippen LogP) is 13.9. The highest BCUT2D eigenvalue weighted by molar-refractivity contribution is 7.17. The van der Waals surface area contributed by atoms with Gasteiger partial charge in [-0.15, -0.1) is 11.3 Å². The van der Waals surface area contributed by atoms with Crippen LogP contribution in [0.1, 0.15) is 234 Å². The van der Waals surface area contributed by atoms with Gasteiger partial charge in [0.2, 0.25) is 11.8 Å². The first kappa shape index (κ1) is 57.1. The number of ether oxygens (including phenoxy) is 1. The SMILES string of the molecule is CCCCC/C=C\C/C=C\CCCCCCCC(=O)N1CCc2c(sc(NC(=O)CCCCCOC(=O)C(CCCCCCCC)CCCCCCCC)c2C(=O)NCCN(C)C)C1. The van der Waals surface area contributed by atoms with Gasteiger partial charge in [0.15, 0.2) is 0 Å². The van der Waals surface area contributed by atoms with Crippen molar-refractivity contribution >= 4 is 40.0 Å². The van der Waals surface area contributed by atoms with Crippen LogP contribution in [0.5, 0.6) is 0 Å². The van der Waals surface area contributed by atoms with E-state index in [-0.39, 0.29) is 29.6 Å². The Kier molecular flexibility index (Phi) is 34.1. The largest absolute Gasteiger partial charge is 0.465 e. The molecule has 3 amide bonds. The monoisotopic (exact) mass is 911 g/mol. The number of likely N-dealkylation sites (N-methyl/N-ethyl adjacent to an activating group) is 1. The Morgan fingerprint density at radius 1 is 0.688 bits per heavy atom. The Balaban J connectivity index is 1.81. The fourth-order valence-electron chi connectivity index (χ4n) is 8.44. The van der Waals surface area contributed by atoms with Crippen LogP contribution in [-0.2, 0) is 32.1 Å². The van der Waals surface area contributed by atoms with Crippen LogP contribution in [0.4, 0.5) is 5.00 Å². The molecule has 0 aromatic carbocycles. The van der Waals surface area contributed by atoms with E-state index in [1.54, 1.807) is 0 Å². The number of hydrogen-bond acceptors (Lipinski definition) is 7. The number of allylic oxidation sites excluding steroid dienone is 4. The van der Waals surface area contributed by atoms with E-state index in [0.717, 1.165) is 81.1 Å². The number of anilines is 1. The summed E-state index contributed by atoms with van der Waals surface area (Å²) >= 11 is 1.44. The fourth-order valence-corrected chi connectivity index (χ4v) is 9.72. The first-order valence-corrected chi connectivity index (χ1v) is 27.1. The zero-order chi connectivity index (χ0) is 46.5. The molecule has 0 atom stereocenters. The lowest BCUT2D eigenvalue weighted by Crippen LogP contribution is -2.36. The van der Waals surface area contributed by atoms with Gasteiger partial charge in [0, 0.05) is 37.4 Å². The highest BCUT2D eigenvalue weighted by Gasteiger charge is 2.30. The number of hydrogen-bond donors (Lipinski definition) is 2. The average Bonchev–Trinajstić information content (AvgIpc) is 3.64. The van der Waals surface area contributed by atoms with E-state index in [1.807, 2.05) is 23.9 Å². The van der Waals surface area contributed by atoms with Crippen molar-refractivity contribution in [2.75, 3.05) is 45.7 Å². The molecule has 1 aromatic heterocycles. The molecular formula is C54H94N4O5S. The van der Waals surface area contributed by atoms with Crippen LogP contribution >= 0.6 is 11.3 Å². The van der Waals surface area contributed by atoms with Gasteiger partial charge in [-0.05, 0) is 96.7 Å². The molecular weight excluding hydrogens is 817 g/mol. The third kappa shape index (κ3) is 26.9. The Morgan fingerprint density at radius 3 is 1.88 bits per heavy atom. The molecule has 2 rings (SSSR count). The summed E-state index contributed by atoms with van der Waals surface area (Å²) in [7, 11) is 3.94. The fraction of sp³-hybridized carbons (Fsp3) is 0.778. The zero-order valence-corrected chi connectivity index (χ0v) is 42.5. The van der Waals surface area contributed by atoms with Crippen molar-refractivity contribution in [1.29, 1.82) is 0 Å². The van der Waals surface area contributed by atoms with Crippen LogP contribution in [0.2, 0.25) is 0 Å². The van der Waals surface area contributed by atoms with Crippen LogP contribution in [-0.4, -0.2) is 73.8 Å². The van der Waals surface area contributed by atoms with Gasteiger partial charge in [-0.3, -0.25) is 19.2 Å². The van der Waals surface area contributed by atoms with Gasteiger partial charge in [0.25, 0.3) is 5.91 Å². The predicted molar refractivity (Wildman–Crippen MR) is 271 cm³/mol. The van der Waals surface area contributed by atoms with E-state index in [2.05, 4.69) is 55.7 Å². The number of carbonyl (C=O) groups is 4. The lowest BCUT2D eigenvalue weighted by Gasteiger charge is -2.27. The summed E-state index contributed by atoms with van der Waals surface area (Å²) in [4.78, 5) is 58.3. The summed E-state index contributed by atoms with van der Waals surface area (Å²) in [6, 6.07) is 0. The number of amides is 3. The van der Waals surface area contributed by atoms with Crippen LogP contribution in [0, 0.1) is 5.92 Å². The first-order chi connectivity index (χ1) is 31.2. The summed E-state index contributed by atoms with van der Waals surface area (Å²) in [5.74, 6) is -0.170. The Bertz CT molecular complexity index is 1440. The number of rotatable bonds is 40. The zero-order valence-electron chi connectivity index (χ0n) is 41.7. The Labute approximate surface area is 395 Å². The van der Waals surface area contributed by atoms with Crippen molar-refractivity contribution in [3.05, 3.63) is 40.3 Å². The molecule has 0 radical (unpaired) electrons. The molecule has 1 aliphatic heterocycles. The van der Waals surface area contributed by atoms with Gasteiger partial charge in [0.1, 0.15) is 5.00 Å². The molecule has 0 fully saturated rings. The average molecular weight is 911 g/mol. The Hall–Kier alpha value is -2.98. The van der Waals surface area contributed by atoms with Crippen molar-refractivity contribution in [3.63, 3.8) is 0 Å². The summed E-state index contributed by atoms with van der Waals surface area (Å²) in [5.41, 5.74) is 1.51. The number of nitrogens with zero attached hydrogens (tertiary/aromatic N) is 2. The summed E-state index contributed by atoms with van der Waals surface area (Å²) in [6.45, 7) is 9.39. The van der Waals surface area contributed by atoms with Gasteiger partial charge < -0.3 is 25.2 Å². The molecule has 2 N–H and O–H groups in total. The molecule has 0 saturated heterocycles. The van der Waals surface area contributed by atoms with Crippen molar-refractivity contribution in [2.45, 2.75) is 226 Å². The van der Waals surface area contributed by atoms with Crippen LogP contribution in [0.3, 0.4) is 0 Å². The van der Waals surface area contributed by atoms with Gasteiger partial charge >= 0.3 is 5.97 Å². The third-order valence-electron chi connectivity index (χ3n) is 12.5. The van der Waals surface area contributed by atoms with E-state index < -0.39 is 0 Å². The van der Waals surface area contributed by atoms with E-state index in [4.69, 9.17) is 4.74 Å². The summed E-state index contributed by atoms with van der Waals surface area (Å²) in [6.07, 6.45) is 42.1. The number of thiophene rings is 1. The molecule has 0 saturated carbocycles. The molecule has 366 valence electrons. The van der Waals surface area contributed by atoms with Crippen LogP contribution in [0.15, 0.2) is 24.3 Å². The standard InChI is InChI=1S/C54H94N4O5S/c1-6-9-12-15-18-19-20-21-22-23-24-25-26-29-34-39-50(60)58-42-40-47-48(45-58)64-53(51(47)52(61)55-41-43-57(4)5)56-49(59)38-33-30-35-44-63-54(62)46(36-31-27-16-13-10-7-2)37-32-28-17-14-11-8-3/h18-19,21-22,46H,6-17,20,23-45H2,1-5H3,(H,55,61)(H,56,59)/b19-18-,22-21-. The summed E-state index contributed by atoms with van der Waals surface area (Å²) < 4.78 is 5.81. The normalized spacial score (nSPS) is 12.8. The second kappa shape index (κ2) is 38.2. The molecule has 0 bridgehead atoms. The second-order valence-corrected chi connectivity index (χ2v) is 19.8. The minimum absolute atomic E-state index is 0.00483. The van der Waals surface area contributed by atoms with Gasteiger partial charge in [-0.1, -0.05) is 154 Å². The minimum Gasteiger partial charge on any atom is -0.465 e. The number of nitrogens with one attached hydrogen (secondary N) is 2. The lowest BCUT2D eigenvalue weighted by molar-refractivity contribution is -0.149. The van der Waals surface area contributed by atoms with Gasteiger partial charge in [0.05, 0.1) is 24.6 Å². The molecule has 64 heavy (non-hydrogen) atoms. The minimum atomic E-state index is -0.173. The van der Waals surface area contributed by atoms with E-state index in [9.17, 15) is 19.2 Å². The maximum absolute atomic E-state index is 13.6. The number of fused-ring (bicyclic) bond motifs is 1. The molecule has 2 heterocycles. The van der Waals surface area contributed by atoms with Crippen molar-refractivity contribution in [2.24, 2.45) is 5.92 Å². The first-order valence-electron chi connectivity index (χ1n) is 26.3. The van der Waals surface area contributed by atoms with Gasteiger partial charge in [-0.25, -0.2) is 0 Å². The third-order valence-corrected chi connectivity index (χ3v) is 13.6. The molecule has 10 heteroatoms. The van der Waals surface area contributed by atoms with E-state index >= 15 is 0 Å². The van der Waals surface area contributed by atoms with Crippen molar-refractivity contribution in [3.8, 4) is 0 Å². The van der Waals surface area contributed by atoms with Crippen LogP contribution < -0.4 is 10.6 Å². The van der Waals surface area contributed by atoms with Gasteiger partial charge in [-0.2, -0.15) is 0 Å². The number of unbranched alkanes of at least 4 members (excludes halogenated alkanes) is 20. The maximum Gasteiger partial charge on any atom is 0.308 e. The molecule has 0 spiro atoms.